The van der Waals surface area contributed by atoms with Crippen molar-refractivity contribution in [1.29, 1.82) is 0 Å². The van der Waals surface area contributed by atoms with E-state index in [1.165, 1.54) is 0 Å². The summed E-state index contributed by atoms with van der Waals surface area (Å²) in [7, 11) is 0. The summed E-state index contributed by atoms with van der Waals surface area (Å²) in [4.78, 5) is 10.8. The molecule has 1 aromatic carbocycles. The highest BCUT2D eigenvalue weighted by Crippen LogP contribution is 2.21. The van der Waals surface area contributed by atoms with Crippen molar-refractivity contribution in [3.05, 3.63) is 47.3 Å². The van der Waals surface area contributed by atoms with Crippen LogP contribution < -0.4 is 0 Å². The lowest BCUT2D eigenvalue weighted by Crippen LogP contribution is -2.19. The van der Waals surface area contributed by atoms with E-state index >= 15 is 0 Å². The van der Waals surface area contributed by atoms with Crippen LogP contribution in [0.1, 0.15) is 42.4 Å². The van der Waals surface area contributed by atoms with Crippen LogP contribution in [0, 0.1) is 0 Å². The molecule has 19 heavy (non-hydrogen) atoms. The number of aromatic nitrogens is 3. The molecule has 1 N–H and O–H groups in total. The van der Waals surface area contributed by atoms with E-state index in [0.29, 0.717) is 12.1 Å². The van der Waals surface area contributed by atoms with E-state index in [1.54, 1.807) is 30.5 Å². The van der Waals surface area contributed by atoms with Crippen molar-refractivity contribution >= 4 is 5.97 Å². The molecule has 2 aromatic rings. The fraction of sp³-hybridized carbons (Fsp3) is 0.357. The zero-order valence-electron chi connectivity index (χ0n) is 11.3. The average molecular weight is 259 g/mol. The lowest BCUT2D eigenvalue weighted by atomic mass is 9.92. The van der Waals surface area contributed by atoms with Gasteiger partial charge in [0.15, 0.2) is 0 Å². The summed E-state index contributed by atoms with van der Waals surface area (Å²) >= 11 is 0. The number of carbonyl (C=O) groups is 1. The van der Waals surface area contributed by atoms with E-state index < -0.39 is 5.97 Å². The number of carboxylic acids is 1. The van der Waals surface area contributed by atoms with E-state index in [-0.39, 0.29) is 5.41 Å². The Kier molecular flexibility index (Phi) is 3.38. The normalized spacial score (nSPS) is 11.5. The smallest absolute Gasteiger partial charge is 0.335 e. The molecule has 0 atom stereocenters. The van der Waals surface area contributed by atoms with Gasteiger partial charge >= 0.3 is 5.97 Å². The number of carboxylic acid groups (broad SMARTS) is 1. The molecule has 5 heteroatoms. The van der Waals surface area contributed by atoms with Gasteiger partial charge in [-0.2, -0.15) is 0 Å². The number of hydrogen-bond acceptors (Lipinski definition) is 3. The van der Waals surface area contributed by atoms with Gasteiger partial charge in [-0.15, -0.1) is 5.10 Å². The molecule has 0 spiro atoms. The zero-order valence-corrected chi connectivity index (χ0v) is 11.3. The molecule has 0 aliphatic carbocycles. The largest absolute Gasteiger partial charge is 0.478 e. The highest BCUT2D eigenvalue weighted by molar-refractivity contribution is 5.87. The predicted molar refractivity (Wildman–Crippen MR) is 71.2 cm³/mol. The Labute approximate surface area is 111 Å². The van der Waals surface area contributed by atoms with E-state index in [4.69, 9.17) is 5.11 Å². The molecule has 0 aliphatic heterocycles. The van der Waals surface area contributed by atoms with Crippen molar-refractivity contribution in [2.45, 2.75) is 32.7 Å². The van der Waals surface area contributed by atoms with Gasteiger partial charge in [0.2, 0.25) is 0 Å². The van der Waals surface area contributed by atoms with Gasteiger partial charge in [-0.25, -0.2) is 9.48 Å². The molecular formula is C14H17N3O2. The molecule has 2 rings (SSSR count). The van der Waals surface area contributed by atoms with Crippen LogP contribution in [0.15, 0.2) is 30.5 Å². The minimum absolute atomic E-state index is 0.0233. The van der Waals surface area contributed by atoms with Crippen molar-refractivity contribution in [2.75, 3.05) is 0 Å². The third-order valence-corrected chi connectivity index (χ3v) is 2.92. The molecule has 0 bridgehead atoms. The molecule has 0 aliphatic rings. The lowest BCUT2D eigenvalue weighted by Gasteiger charge is -2.19. The Hall–Kier alpha value is -2.17. The molecule has 5 nitrogen and oxygen atoms in total. The van der Waals surface area contributed by atoms with Crippen LogP contribution >= 0.6 is 0 Å². The topological polar surface area (TPSA) is 68.0 Å². The third-order valence-electron chi connectivity index (χ3n) is 2.92. The number of benzene rings is 1. The van der Waals surface area contributed by atoms with Crippen molar-refractivity contribution in [3.63, 3.8) is 0 Å². The van der Waals surface area contributed by atoms with E-state index in [9.17, 15) is 4.79 Å². The maximum atomic E-state index is 10.8. The van der Waals surface area contributed by atoms with Gasteiger partial charge in [0.05, 0.1) is 24.0 Å². The summed E-state index contributed by atoms with van der Waals surface area (Å²) in [5.74, 6) is -0.914. The number of aromatic carboxylic acids is 1. The monoisotopic (exact) mass is 259 g/mol. The van der Waals surface area contributed by atoms with Gasteiger partial charge in [0.1, 0.15) is 0 Å². The van der Waals surface area contributed by atoms with Crippen LogP contribution in [-0.4, -0.2) is 26.1 Å². The second kappa shape index (κ2) is 4.84. The average Bonchev–Trinajstić information content (AvgIpc) is 2.77. The van der Waals surface area contributed by atoms with Crippen LogP contribution in [-0.2, 0) is 12.0 Å². The Morgan fingerprint density at radius 2 is 1.89 bits per heavy atom. The van der Waals surface area contributed by atoms with Gasteiger partial charge in [-0.3, -0.25) is 0 Å². The van der Waals surface area contributed by atoms with E-state index in [2.05, 4.69) is 31.1 Å². The summed E-state index contributed by atoms with van der Waals surface area (Å²) in [6.45, 7) is 6.91. The van der Waals surface area contributed by atoms with E-state index in [1.807, 2.05) is 4.68 Å². The molecule has 0 amide bonds. The molecule has 1 heterocycles. The second-order valence-electron chi connectivity index (χ2n) is 5.53. The second-order valence-corrected chi connectivity index (χ2v) is 5.53. The van der Waals surface area contributed by atoms with Crippen molar-refractivity contribution < 1.29 is 9.90 Å². The quantitative estimate of drug-likeness (QED) is 0.918. The fourth-order valence-corrected chi connectivity index (χ4v) is 1.88. The van der Waals surface area contributed by atoms with Gasteiger partial charge in [0, 0.05) is 5.41 Å². The van der Waals surface area contributed by atoms with Crippen LogP contribution in [0.4, 0.5) is 0 Å². The molecule has 0 unspecified atom stereocenters. The number of rotatable bonds is 3. The minimum Gasteiger partial charge on any atom is -0.478 e. The number of nitrogens with zero attached hydrogens (tertiary/aromatic N) is 3. The molecular weight excluding hydrogens is 242 g/mol. The Balaban J connectivity index is 2.22. The molecule has 0 fully saturated rings. The summed E-state index contributed by atoms with van der Waals surface area (Å²) in [5.41, 5.74) is 2.32. The Morgan fingerprint density at radius 3 is 2.42 bits per heavy atom. The SMILES string of the molecule is CC(C)(C)c1cnnn1Cc1ccc(C(=O)O)cc1. The highest BCUT2D eigenvalue weighted by atomic mass is 16.4. The summed E-state index contributed by atoms with van der Waals surface area (Å²) in [6, 6.07) is 6.81. The van der Waals surface area contributed by atoms with Crippen LogP contribution in [0.5, 0.6) is 0 Å². The Morgan fingerprint density at radius 1 is 1.26 bits per heavy atom. The maximum Gasteiger partial charge on any atom is 0.335 e. The van der Waals surface area contributed by atoms with Gasteiger partial charge < -0.3 is 5.11 Å². The van der Waals surface area contributed by atoms with Crippen molar-refractivity contribution in [1.82, 2.24) is 15.0 Å². The first-order chi connectivity index (χ1) is 8.88. The lowest BCUT2D eigenvalue weighted by molar-refractivity contribution is 0.0697. The molecule has 0 saturated carbocycles. The minimum atomic E-state index is -0.914. The van der Waals surface area contributed by atoms with Crippen LogP contribution in [0.25, 0.3) is 0 Å². The predicted octanol–water partition coefficient (Wildman–Crippen LogP) is 2.32. The summed E-state index contributed by atoms with van der Waals surface area (Å²) < 4.78 is 1.84. The standard InChI is InChI=1S/C14H17N3O2/c1-14(2,3)12-8-15-16-17(12)9-10-4-6-11(7-5-10)13(18)19/h4-8H,9H2,1-3H3,(H,18,19). The molecule has 0 saturated heterocycles. The van der Waals surface area contributed by atoms with E-state index in [0.717, 1.165) is 11.3 Å². The van der Waals surface area contributed by atoms with Gasteiger partial charge in [-0.1, -0.05) is 38.1 Å². The molecule has 0 radical (unpaired) electrons. The Bertz CT molecular complexity index is 579. The third kappa shape index (κ3) is 2.99. The molecule has 1 aromatic heterocycles. The summed E-state index contributed by atoms with van der Waals surface area (Å²) in [6.07, 6.45) is 1.77. The van der Waals surface area contributed by atoms with Crippen molar-refractivity contribution in [2.24, 2.45) is 0 Å². The zero-order chi connectivity index (χ0) is 14.0. The first-order valence-corrected chi connectivity index (χ1v) is 6.09. The van der Waals surface area contributed by atoms with Crippen molar-refractivity contribution in [3.8, 4) is 0 Å². The number of hydrogen-bond donors (Lipinski definition) is 1. The highest BCUT2D eigenvalue weighted by Gasteiger charge is 2.19. The van der Waals surface area contributed by atoms with Crippen LogP contribution in [0.2, 0.25) is 0 Å². The summed E-state index contributed by atoms with van der Waals surface area (Å²) in [5, 5.41) is 16.9. The first kappa shape index (κ1) is 13.3. The maximum absolute atomic E-state index is 10.8. The molecule has 100 valence electrons. The van der Waals surface area contributed by atoms with Gasteiger partial charge in [-0.05, 0) is 17.7 Å². The van der Waals surface area contributed by atoms with Crippen LogP contribution in [0.3, 0.4) is 0 Å². The van der Waals surface area contributed by atoms with Gasteiger partial charge in [0.25, 0.3) is 0 Å². The first-order valence-electron chi connectivity index (χ1n) is 6.09. The fourth-order valence-electron chi connectivity index (χ4n) is 1.88.